The maximum absolute atomic E-state index is 12.0. The molecule has 0 aliphatic carbocycles. The minimum absolute atomic E-state index is 0. The fourth-order valence-corrected chi connectivity index (χ4v) is 1.75. The van der Waals surface area contributed by atoms with Gasteiger partial charge in [0.05, 0.1) is 6.42 Å². The van der Waals surface area contributed by atoms with Gasteiger partial charge < -0.3 is 14.7 Å². The molecule has 0 fully saturated rings. The molecule has 0 saturated carbocycles. The summed E-state index contributed by atoms with van der Waals surface area (Å²) in [6, 6.07) is 7.57. The van der Waals surface area contributed by atoms with Crippen LogP contribution < -0.4 is 5.32 Å². The average molecular weight is 284 g/mol. The Morgan fingerprint density at radius 2 is 2.16 bits per heavy atom. The highest BCUT2D eigenvalue weighted by molar-refractivity contribution is 5.86. The predicted molar refractivity (Wildman–Crippen MR) is 76.5 cm³/mol. The van der Waals surface area contributed by atoms with E-state index in [4.69, 9.17) is 4.52 Å². The number of hydrogen-bond acceptors (Lipinski definition) is 4. The van der Waals surface area contributed by atoms with E-state index in [0.29, 0.717) is 12.2 Å². The molecule has 0 spiro atoms. The highest BCUT2D eigenvalue weighted by Crippen LogP contribution is 2.18. The Balaban J connectivity index is 0.00000180. The van der Waals surface area contributed by atoms with Gasteiger partial charge in [0.15, 0.2) is 5.58 Å². The molecule has 1 aromatic carbocycles. The number of nitrogens with zero attached hydrogens (tertiary/aromatic N) is 2. The first-order valence-electron chi connectivity index (χ1n) is 5.94. The largest absolute Gasteiger partial charge is 0.356 e. The summed E-state index contributed by atoms with van der Waals surface area (Å²) in [5, 5.41) is 7.88. The van der Waals surface area contributed by atoms with E-state index in [1.54, 1.807) is 11.9 Å². The number of likely N-dealkylation sites (N-methyl/N-ethyl adjacent to an activating group) is 2. The van der Waals surface area contributed by atoms with Crippen molar-refractivity contribution in [3.63, 3.8) is 0 Å². The van der Waals surface area contributed by atoms with Crippen molar-refractivity contribution in [3.05, 3.63) is 30.0 Å². The van der Waals surface area contributed by atoms with E-state index >= 15 is 0 Å². The Morgan fingerprint density at radius 1 is 1.42 bits per heavy atom. The van der Waals surface area contributed by atoms with Crippen molar-refractivity contribution >= 4 is 29.3 Å². The average Bonchev–Trinajstić information content (AvgIpc) is 2.79. The fourth-order valence-electron chi connectivity index (χ4n) is 1.75. The second-order valence-corrected chi connectivity index (χ2v) is 4.22. The number of fused-ring (bicyclic) bond motifs is 1. The number of para-hydroxylation sites is 1. The number of rotatable bonds is 5. The molecule has 1 heterocycles. The lowest BCUT2D eigenvalue weighted by molar-refractivity contribution is -0.129. The molecule has 0 saturated heterocycles. The summed E-state index contributed by atoms with van der Waals surface area (Å²) in [5.74, 6) is 0.0457. The molecule has 1 amide bonds. The molecule has 104 valence electrons. The SMILES string of the molecule is CNCCN(C)C(=O)Cc1noc2ccccc12.Cl. The molecule has 1 aromatic heterocycles. The standard InChI is InChI=1S/C13H17N3O2.ClH/c1-14-7-8-16(2)13(17)9-11-10-5-3-4-6-12(10)18-15-11;/h3-6,14H,7-9H2,1-2H3;1H. The number of carbonyl (C=O) groups is 1. The lowest BCUT2D eigenvalue weighted by Crippen LogP contribution is -2.33. The Hall–Kier alpha value is -1.59. The van der Waals surface area contributed by atoms with E-state index in [0.717, 1.165) is 17.5 Å². The second-order valence-electron chi connectivity index (χ2n) is 4.22. The number of hydrogen-bond donors (Lipinski definition) is 1. The Labute approximate surface area is 118 Å². The zero-order valence-corrected chi connectivity index (χ0v) is 11.9. The van der Waals surface area contributed by atoms with Crippen LogP contribution in [0.5, 0.6) is 0 Å². The Morgan fingerprint density at radius 3 is 2.89 bits per heavy atom. The quantitative estimate of drug-likeness (QED) is 0.903. The maximum atomic E-state index is 12.0. The van der Waals surface area contributed by atoms with Gasteiger partial charge >= 0.3 is 0 Å². The summed E-state index contributed by atoms with van der Waals surface area (Å²) in [4.78, 5) is 13.7. The number of halogens is 1. The van der Waals surface area contributed by atoms with Crippen LogP contribution in [0, 0.1) is 0 Å². The fraction of sp³-hybridized carbons (Fsp3) is 0.385. The van der Waals surface area contributed by atoms with E-state index in [1.807, 2.05) is 31.3 Å². The van der Waals surface area contributed by atoms with Gasteiger partial charge in [0.1, 0.15) is 5.69 Å². The van der Waals surface area contributed by atoms with Crippen molar-refractivity contribution in [1.82, 2.24) is 15.4 Å². The number of aromatic nitrogens is 1. The predicted octanol–water partition coefficient (Wildman–Crippen LogP) is 1.47. The van der Waals surface area contributed by atoms with E-state index < -0.39 is 0 Å². The summed E-state index contributed by atoms with van der Waals surface area (Å²) in [7, 11) is 3.66. The van der Waals surface area contributed by atoms with Crippen LogP contribution in [0.25, 0.3) is 11.0 Å². The summed E-state index contributed by atoms with van der Waals surface area (Å²) < 4.78 is 5.18. The molecule has 2 rings (SSSR count). The first kappa shape index (κ1) is 15.5. The number of benzene rings is 1. The molecular weight excluding hydrogens is 266 g/mol. The maximum Gasteiger partial charge on any atom is 0.228 e. The molecule has 0 unspecified atom stereocenters. The van der Waals surface area contributed by atoms with Gasteiger partial charge in [-0.1, -0.05) is 17.3 Å². The van der Waals surface area contributed by atoms with Crippen LogP contribution in [0.2, 0.25) is 0 Å². The zero-order chi connectivity index (χ0) is 13.0. The summed E-state index contributed by atoms with van der Waals surface area (Å²) in [6.07, 6.45) is 0.275. The van der Waals surface area contributed by atoms with Crippen LogP contribution >= 0.6 is 12.4 Å². The number of nitrogens with one attached hydrogen (secondary N) is 1. The van der Waals surface area contributed by atoms with Gasteiger partial charge in [0.25, 0.3) is 0 Å². The molecule has 0 radical (unpaired) electrons. The monoisotopic (exact) mass is 283 g/mol. The van der Waals surface area contributed by atoms with Crippen LogP contribution in [0.1, 0.15) is 5.69 Å². The minimum atomic E-state index is 0. The molecule has 0 bridgehead atoms. The van der Waals surface area contributed by atoms with E-state index in [1.165, 1.54) is 0 Å². The third-order valence-electron chi connectivity index (χ3n) is 2.89. The molecule has 5 nitrogen and oxygen atoms in total. The lowest BCUT2D eigenvalue weighted by Gasteiger charge is -2.15. The zero-order valence-electron chi connectivity index (χ0n) is 11.0. The number of amides is 1. The van der Waals surface area contributed by atoms with Crippen LogP contribution in [0.15, 0.2) is 28.8 Å². The van der Waals surface area contributed by atoms with Crippen molar-refractivity contribution in [1.29, 1.82) is 0 Å². The lowest BCUT2D eigenvalue weighted by atomic mass is 10.1. The van der Waals surface area contributed by atoms with Crippen LogP contribution in [0.3, 0.4) is 0 Å². The van der Waals surface area contributed by atoms with Gasteiger partial charge in [-0.2, -0.15) is 0 Å². The molecule has 0 aliphatic rings. The first-order chi connectivity index (χ1) is 8.72. The molecule has 2 aromatic rings. The Kier molecular flexibility index (Phi) is 5.79. The van der Waals surface area contributed by atoms with Crippen molar-refractivity contribution in [2.75, 3.05) is 27.2 Å². The van der Waals surface area contributed by atoms with Crippen LogP contribution in [-0.2, 0) is 11.2 Å². The van der Waals surface area contributed by atoms with Gasteiger partial charge in [-0.3, -0.25) is 4.79 Å². The first-order valence-corrected chi connectivity index (χ1v) is 5.94. The Bertz CT molecular complexity index is 541. The molecule has 0 aliphatic heterocycles. The topological polar surface area (TPSA) is 58.4 Å². The summed E-state index contributed by atoms with van der Waals surface area (Å²) in [5.41, 5.74) is 1.42. The third kappa shape index (κ3) is 3.68. The summed E-state index contributed by atoms with van der Waals surface area (Å²) in [6.45, 7) is 1.47. The molecule has 6 heteroatoms. The molecule has 19 heavy (non-hydrogen) atoms. The van der Waals surface area contributed by atoms with Crippen molar-refractivity contribution in [2.24, 2.45) is 0 Å². The highest BCUT2D eigenvalue weighted by Gasteiger charge is 2.14. The smallest absolute Gasteiger partial charge is 0.228 e. The van der Waals surface area contributed by atoms with Gasteiger partial charge in [0.2, 0.25) is 5.91 Å². The van der Waals surface area contributed by atoms with E-state index in [-0.39, 0.29) is 24.7 Å². The number of carbonyl (C=O) groups excluding carboxylic acids is 1. The van der Waals surface area contributed by atoms with E-state index in [2.05, 4.69) is 10.5 Å². The van der Waals surface area contributed by atoms with Crippen molar-refractivity contribution < 1.29 is 9.32 Å². The molecule has 1 N–H and O–H groups in total. The second kappa shape index (κ2) is 7.11. The molecule has 0 atom stereocenters. The van der Waals surface area contributed by atoms with Gasteiger partial charge in [-0.15, -0.1) is 12.4 Å². The van der Waals surface area contributed by atoms with Gasteiger partial charge in [-0.25, -0.2) is 0 Å². The summed E-state index contributed by atoms with van der Waals surface area (Å²) >= 11 is 0. The van der Waals surface area contributed by atoms with E-state index in [9.17, 15) is 4.79 Å². The third-order valence-corrected chi connectivity index (χ3v) is 2.89. The van der Waals surface area contributed by atoms with Gasteiger partial charge in [-0.05, 0) is 19.2 Å². The minimum Gasteiger partial charge on any atom is -0.356 e. The van der Waals surface area contributed by atoms with Crippen LogP contribution in [-0.4, -0.2) is 43.1 Å². The van der Waals surface area contributed by atoms with Gasteiger partial charge in [0, 0.05) is 25.5 Å². The molecular formula is C13H18ClN3O2. The van der Waals surface area contributed by atoms with Crippen molar-refractivity contribution in [3.8, 4) is 0 Å². The normalized spacial score (nSPS) is 10.2. The van der Waals surface area contributed by atoms with Crippen molar-refractivity contribution in [2.45, 2.75) is 6.42 Å². The highest BCUT2D eigenvalue weighted by atomic mass is 35.5. The van der Waals surface area contributed by atoms with Crippen LogP contribution in [0.4, 0.5) is 0 Å².